The van der Waals surface area contributed by atoms with Crippen molar-refractivity contribution in [2.75, 3.05) is 19.6 Å². The summed E-state index contributed by atoms with van der Waals surface area (Å²) in [5, 5.41) is 3.21. The van der Waals surface area contributed by atoms with Crippen LogP contribution >= 0.6 is 11.6 Å². The number of nitrogens with zero attached hydrogens (tertiary/aromatic N) is 1. The Hall–Kier alpha value is -1.55. The lowest BCUT2D eigenvalue weighted by atomic mass is 10.2. The van der Waals surface area contributed by atoms with Crippen LogP contribution < -0.4 is 5.32 Å². The van der Waals surface area contributed by atoms with E-state index in [1.54, 1.807) is 36.1 Å². The Labute approximate surface area is 125 Å². The lowest BCUT2D eigenvalue weighted by molar-refractivity contribution is -0.128. The molecule has 0 saturated carbocycles. The van der Waals surface area contributed by atoms with Gasteiger partial charge in [-0.1, -0.05) is 37.1 Å². The summed E-state index contributed by atoms with van der Waals surface area (Å²) in [6.45, 7) is 5.30. The molecule has 1 rings (SSSR count). The van der Waals surface area contributed by atoms with E-state index in [0.29, 0.717) is 23.7 Å². The number of benzene rings is 1. The van der Waals surface area contributed by atoms with E-state index >= 15 is 0 Å². The van der Waals surface area contributed by atoms with Crippen molar-refractivity contribution < 1.29 is 9.59 Å². The summed E-state index contributed by atoms with van der Waals surface area (Å²) in [6.07, 6.45) is 2.01. The van der Waals surface area contributed by atoms with Gasteiger partial charge in [0, 0.05) is 26.6 Å². The summed E-state index contributed by atoms with van der Waals surface area (Å²) < 4.78 is 0. The fourth-order valence-corrected chi connectivity index (χ4v) is 2.04. The van der Waals surface area contributed by atoms with Crippen molar-refractivity contribution in [3.63, 3.8) is 0 Å². The number of nitrogens with one attached hydrogen (secondary N) is 1. The van der Waals surface area contributed by atoms with Crippen LogP contribution in [0.2, 0.25) is 5.02 Å². The van der Waals surface area contributed by atoms with E-state index in [1.807, 2.05) is 0 Å². The lowest BCUT2D eigenvalue weighted by Gasteiger charge is -2.21. The van der Waals surface area contributed by atoms with Crippen LogP contribution in [0.1, 0.15) is 37.0 Å². The molecule has 0 aliphatic carbocycles. The lowest BCUT2D eigenvalue weighted by Crippen LogP contribution is -2.38. The van der Waals surface area contributed by atoms with Crippen LogP contribution in [0.15, 0.2) is 24.3 Å². The van der Waals surface area contributed by atoms with Crippen molar-refractivity contribution in [2.45, 2.75) is 26.7 Å². The molecule has 0 radical (unpaired) electrons. The van der Waals surface area contributed by atoms with Crippen LogP contribution in [0.25, 0.3) is 0 Å². The minimum absolute atomic E-state index is 0.0328. The number of hydrogen-bond acceptors (Lipinski definition) is 2. The molecule has 0 aromatic heterocycles. The molecule has 0 aliphatic heterocycles. The molecule has 1 aromatic rings. The normalized spacial score (nSPS) is 10.2. The number of halogens is 1. The van der Waals surface area contributed by atoms with E-state index in [0.717, 1.165) is 19.4 Å². The SMILES string of the molecule is CCCCN(CCNC(=O)c1ccccc1Cl)C(C)=O. The summed E-state index contributed by atoms with van der Waals surface area (Å²) in [5.74, 6) is -0.181. The molecule has 5 heteroatoms. The second kappa shape index (κ2) is 8.59. The Bertz CT molecular complexity index is 463. The van der Waals surface area contributed by atoms with Gasteiger partial charge in [0.2, 0.25) is 5.91 Å². The third kappa shape index (κ3) is 5.21. The minimum Gasteiger partial charge on any atom is -0.350 e. The molecule has 0 bridgehead atoms. The molecule has 0 saturated heterocycles. The highest BCUT2D eigenvalue weighted by Gasteiger charge is 2.11. The van der Waals surface area contributed by atoms with Crippen molar-refractivity contribution in [1.29, 1.82) is 0 Å². The summed E-state index contributed by atoms with van der Waals surface area (Å²) in [5.41, 5.74) is 0.456. The fourth-order valence-electron chi connectivity index (χ4n) is 1.82. The van der Waals surface area contributed by atoms with E-state index in [2.05, 4.69) is 12.2 Å². The average Bonchev–Trinajstić information content (AvgIpc) is 2.42. The van der Waals surface area contributed by atoms with Crippen LogP contribution in [0, 0.1) is 0 Å². The first kappa shape index (κ1) is 16.5. The van der Waals surface area contributed by atoms with E-state index in [1.165, 1.54) is 0 Å². The maximum absolute atomic E-state index is 11.9. The summed E-state index contributed by atoms with van der Waals surface area (Å²) >= 11 is 5.95. The molecule has 1 N–H and O–H groups in total. The quantitative estimate of drug-likeness (QED) is 0.841. The van der Waals surface area contributed by atoms with Crippen LogP contribution in [0.5, 0.6) is 0 Å². The molecule has 2 amide bonds. The average molecular weight is 297 g/mol. The van der Waals surface area contributed by atoms with E-state index in [9.17, 15) is 9.59 Å². The smallest absolute Gasteiger partial charge is 0.252 e. The van der Waals surface area contributed by atoms with Crippen LogP contribution in [-0.4, -0.2) is 36.3 Å². The van der Waals surface area contributed by atoms with Gasteiger partial charge in [-0.05, 0) is 18.6 Å². The standard InChI is InChI=1S/C15H21ClN2O2/c1-3-4-10-18(12(2)19)11-9-17-15(20)13-7-5-6-8-14(13)16/h5-8H,3-4,9-11H2,1-2H3,(H,17,20). The monoisotopic (exact) mass is 296 g/mol. The van der Waals surface area contributed by atoms with Gasteiger partial charge in [0.25, 0.3) is 5.91 Å². The number of amides is 2. The van der Waals surface area contributed by atoms with Crippen LogP contribution in [0.4, 0.5) is 0 Å². The molecule has 0 spiro atoms. The summed E-state index contributed by atoms with van der Waals surface area (Å²) in [7, 11) is 0. The first-order valence-corrected chi connectivity index (χ1v) is 7.22. The first-order chi connectivity index (χ1) is 9.56. The van der Waals surface area contributed by atoms with Crippen LogP contribution in [-0.2, 0) is 4.79 Å². The van der Waals surface area contributed by atoms with Crippen molar-refractivity contribution in [3.05, 3.63) is 34.9 Å². The molecular weight excluding hydrogens is 276 g/mol. The van der Waals surface area contributed by atoms with Gasteiger partial charge in [-0.2, -0.15) is 0 Å². The van der Waals surface area contributed by atoms with E-state index < -0.39 is 0 Å². The Balaban J connectivity index is 2.44. The second-order valence-electron chi connectivity index (χ2n) is 4.60. The van der Waals surface area contributed by atoms with Gasteiger partial charge < -0.3 is 10.2 Å². The third-order valence-corrected chi connectivity index (χ3v) is 3.34. The molecule has 0 atom stereocenters. The number of unbranched alkanes of at least 4 members (excludes halogenated alkanes) is 1. The largest absolute Gasteiger partial charge is 0.350 e. The summed E-state index contributed by atoms with van der Waals surface area (Å²) in [4.78, 5) is 25.1. The predicted octanol–water partition coefficient (Wildman–Crippen LogP) is 2.72. The number of carbonyl (C=O) groups excluding carboxylic acids is 2. The maximum Gasteiger partial charge on any atom is 0.252 e. The van der Waals surface area contributed by atoms with Crippen molar-refractivity contribution >= 4 is 23.4 Å². The topological polar surface area (TPSA) is 49.4 Å². The fraction of sp³-hybridized carbons (Fsp3) is 0.467. The van der Waals surface area contributed by atoms with Crippen molar-refractivity contribution in [1.82, 2.24) is 10.2 Å². The van der Waals surface area contributed by atoms with Gasteiger partial charge in [0.1, 0.15) is 0 Å². The molecular formula is C15H21ClN2O2. The van der Waals surface area contributed by atoms with E-state index in [-0.39, 0.29) is 11.8 Å². The Morgan fingerprint density at radius 3 is 2.55 bits per heavy atom. The van der Waals surface area contributed by atoms with Gasteiger partial charge in [0.05, 0.1) is 10.6 Å². The maximum atomic E-state index is 11.9. The first-order valence-electron chi connectivity index (χ1n) is 6.84. The third-order valence-electron chi connectivity index (χ3n) is 3.01. The number of carbonyl (C=O) groups is 2. The summed E-state index contributed by atoms with van der Waals surface area (Å²) in [6, 6.07) is 6.91. The Morgan fingerprint density at radius 1 is 1.25 bits per heavy atom. The zero-order chi connectivity index (χ0) is 15.0. The number of rotatable bonds is 7. The van der Waals surface area contributed by atoms with Crippen LogP contribution in [0.3, 0.4) is 0 Å². The van der Waals surface area contributed by atoms with Gasteiger partial charge in [-0.25, -0.2) is 0 Å². The van der Waals surface area contributed by atoms with Crippen molar-refractivity contribution in [2.24, 2.45) is 0 Å². The van der Waals surface area contributed by atoms with Crippen molar-refractivity contribution in [3.8, 4) is 0 Å². The zero-order valence-electron chi connectivity index (χ0n) is 12.0. The zero-order valence-corrected chi connectivity index (χ0v) is 12.7. The molecule has 110 valence electrons. The van der Waals surface area contributed by atoms with Gasteiger partial charge >= 0.3 is 0 Å². The molecule has 20 heavy (non-hydrogen) atoms. The molecule has 0 aliphatic rings. The van der Waals surface area contributed by atoms with Gasteiger partial charge in [-0.3, -0.25) is 9.59 Å². The van der Waals surface area contributed by atoms with E-state index in [4.69, 9.17) is 11.6 Å². The minimum atomic E-state index is -0.213. The highest BCUT2D eigenvalue weighted by atomic mass is 35.5. The molecule has 1 aromatic carbocycles. The highest BCUT2D eigenvalue weighted by Crippen LogP contribution is 2.14. The second-order valence-corrected chi connectivity index (χ2v) is 5.00. The molecule has 4 nitrogen and oxygen atoms in total. The highest BCUT2D eigenvalue weighted by molar-refractivity contribution is 6.33. The molecule has 0 heterocycles. The molecule has 0 fully saturated rings. The molecule has 0 unspecified atom stereocenters. The van der Waals surface area contributed by atoms with Gasteiger partial charge in [0.15, 0.2) is 0 Å². The Morgan fingerprint density at radius 2 is 1.95 bits per heavy atom. The predicted molar refractivity (Wildman–Crippen MR) is 80.9 cm³/mol. The number of hydrogen-bond donors (Lipinski definition) is 1. The Kier molecular flexibility index (Phi) is 7.09. The van der Waals surface area contributed by atoms with Gasteiger partial charge in [-0.15, -0.1) is 0 Å².